The van der Waals surface area contributed by atoms with E-state index in [4.69, 9.17) is 4.74 Å². The van der Waals surface area contributed by atoms with Crippen LogP contribution in [0.3, 0.4) is 0 Å². The van der Waals surface area contributed by atoms with E-state index in [1.165, 1.54) is 5.56 Å². The summed E-state index contributed by atoms with van der Waals surface area (Å²) in [4.78, 5) is 0. The van der Waals surface area contributed by atoms with Crippen molar-refractivity contribution in [1.82, 2.24) is 9.78 Å². The predicted molar refractivity (Wildman–Crippen MR) is 66.6 cm³/mol. The van der Waals surface area contributed by atoms with Gasteiger partial charge in [0.2, 0.25) is 0 Å². The Bertz CT molecular complexity index is 468. The van der Waals surface area contributed by atoms with E-state index in [9.17, 15) is 0 Å². The summed E-state index contributed by atoms with van der Waals surface area (Å²) in [6.45, 7) is 0.861. The summed E-state index contributed by atoms with van der Waals surface area (Å²) in [5.41, 5.74) is 1.30. The number of nitrogens with zero attached hydrogens (tertiary/aromatic N) is 2. The van der Waals surface area contributed by atoms with Crippen molar-refractivity contribution in [2.45, 2.75) is 13.0 Å². The first-order valence-corrected chi connectivity index (χ1v) is 5.88. The van der Waals surface area contributed by atoms with Crippen LogP contribution in [0.1, 0.15) is 5.56 Å². The summed E-state index contributed by atoms with van der Waals surface area (Å²) >= 11 is 3.46. The zero-order chi connectivity index (χ0) is 11.4. The van der Waals surface area contributed by atoms with Gasteiger partial charge in [0.15, 0.2) is 5.75 Å². The highest BCUT2D eigenvalue weighted by molar-refractivity contribution is 9.10. The number of methoxy groups -OCH3 is 1. The van der Waals surface area contributed by atoms with Crippen LogP contribution in [-0.4, -0.2) is 16.9 Å². The molecule has 2 rings (SSSR count). The van der Waals surface area contributed by atoms with Crippen LogP contribution in [0.5, 0.6) is 5.75 Å². The minimum absolute atomic E-state index is 0.800. The number of aromatic nitrogens is 2. The first-order valence-electron chi connectivity index (χ1n) is 5.09. The number of rotatable bonds is 4. The summed E-state index contributed by atoms with van der Waals surface area (Å²) in [5.74, 6) is 0.800. The fourth-order valence-corrected chi connectivity index (χ4v) is 1.96. The van der Waals surface area contributed by atoms with E-state index >= 15 is 0 Å². The topological polar surface area (TPSA) is 27.1 Å². The van der Waals surface area contributed by atoms with E-state index in [2.05, 4.69) is 33.2 Å². The number of hydrogen-bond donors (Lipinski definition) is 0. The Balaban J connectivity index is 1.96. The van der Waals surface area contributed by atoms with Crippen LogP contribution in [-0.2, 0) is 13.0 Å². The van der Waals surface area contributed by atoms with Crippen molar-refractivity contribution >= 4 is 15.9 Å². The van der Waals surface area contributed by atoms with Gasteiger partial charge in [0, 0.05) is 11.0 Å². The van der Waals surface area contributed by atoms with Gasteiger partial charge in [0.25, 0.3) is 0 Å². The molecule has 0 saturated carbocycles. The van der Waals surface area contributed by atoms with Gasteiger partial charge in [-0.25, -0.2) is 0 Å². The maximum atomic E-state index is 5.08. The van der Waals surface area contributed by atoms with Crippen molar-refractivity contribution in [1.29, 1.82) is 0 Å². The quantitative estimate of drug-likeness (QED) is 0.861. The molecule has 4 heteroatoms. The lowest BCUT2D eigenvalue weighted by atomic mass is 10.1. The molecular formula is C12H13BrN2O. The van der Waals surface area contributed by atoms with Crippen molar-refractivity contribution in [3.05, 3.63) is 46.7 Å². The van der Waals surface area contributed by atoms with Crippen LogP contribution in [0, 0.1) is 0 Å². The number of ether oxygens (including phenoxy) is 1. The molecule has 0 N–H and O–H groups in total. The third-order valence-electron chi connectivity index (χ3n) is 2.36. The van der Waals surface area contributed by atoms with Gasteiger partial charge in [-0.2, -0.15) is 5.10 Å². The second-order valence-electron chi connectivity index (χ2n) is 3.52. The van der Waals surface area contributed by atoms with Gasteiger partial charge in [-0.15, -0.1) is 0 Å². The Morgan fingerprint density at radius 1 is 1.44 bits per heavy atom. The summed E-state index contributed by atoms with van der Waals surface area (Å²) in [5, 5.41) is 4.20. The van der Waals surface area contributed by atoms with Crippen LogP contribution in [0.4, 0.5) is 0 Å². The molecule has 1 aromatic carbocycles. The van der Waals surface area contributed by atoms with Gasteiger partial charge in [-0.3, -0.25) is 4.68 Å². The fraction of sp³-hybridized carbons (Fsp3) is 0.250. The van der Waals surface area contributed by atoms with E-state index in [1.54, 1.807) is 13.3 Å². The molecular weight excluding hydrogens is 268 g/mol. The summed E-state index contributed by atoms with van der Waals surface area (Å²) in [7, 11) is 1.65. The standard InChI is InChI=1S/C12H13BrN2O/c1-16-12-8-14-15(9-12)6-5-10-3-2-4-11(13)7-10/h2-4,7-9H,5-6H2,1H3. The van der Waals surface area contributed by atoms with Crippen LogP contribution in [0.2, 0.25) is 0 Å². The van der Waals surface area contributed by atoms with Gasteiger partial charge < -0.3 is 4.74 Å². The van der Waals surface area contributed by atoms with E-state index in [0.29, 0.717) is 0 Å². The molecule has 0 spiro atoms. The molecule has 0 aliphatic heterocycles. The molecule has 0 radical (unpaired) electrons. The average molecular weight is 281 g/mol. The highest BCUT2D eigenvalue weighted by Gasteiger charge is 1.99. The zero-order valence-electron chi connectivity index (χ0n) is 9.06. The minimum Gasteiger partial charge on any atom is -0.493 e. The number of hydrogen-bond acceptors (Lipinski definition) is 2. The molecule has 0 fully saturated rings. The van der Waals surface area contributed by atoms with E-state index in [-0.39, 0.29) is 0 Å². The minimum atomic E-state index is 0.800. The summed E-state index contributed by atoms with van der Waals surface area (Å²) in [6, 6.07) is 8.32. The van der Waals surface area contributed by atoms with Gasteiger partial charge >= 0.3 is 0 Å². The monoisotopic (exact) mass is 280 g/mol. The molecule has 0 atom stereocenters. The van der Waals surface area contributed by atoms with Gasteiger partial charge in [-0.05, 0) is 24.1 Å². The predicted octanol–water partition coefficient (Wildman–Crippen LogP) is 2.90. The maximum absolute atomic E-state index is 5.08. The van der Waals surface area contributed by atoms with Gasteiger partial charge in [-0.1, -0.05) is 28.1 Å². The van der Waals surface area contributed by atoms with E-state index in [1.807, 2.05) is 23.0 Å². The molecule has 84 valence electrons. The average Bonchev–Trinajstić information content (AvgIpc) is 2.74. The third-order valence-corrected chi connectivity index (χ3v) is 2.86. The summed E-state index contributed by atoms with van der Waals surface area (Å²) in [6.07, 6.45) is 4.59. The highest BCUT2D eigenvalue weighted by Crippen LogP contribution is 2.13. The smallest absolute Gasteiger partial charge is 0.156 e. The van der Waals surface area contributed by atoms with Crippen molar-refractivity contribution in [2.75, 3.05) is 7.11 Å². The van der Waals surface area contributed by atoms with Gasteiger partial charge in [0.1, 0.15) is 0 Å². The number of halogens is 1. The Morgan fingerprint density at radius 2 is 2.31 bits per heavy atom. The fourth-order valence-electron chi connectivity index (χ4n) is 1.51. The Labute approximate surface area is 103 Å². The SMILES string of the molecule is COc1cnn(CCc2cccc(Br)c2)c1. The van der Waals surface area contributed by atoms with Gasteiger partial charge in [0.05, 0.1) is 19.5 Å². The largest absolute Gasteiger partial charge is 0.493 e. The van der Waals surface area contributed by atoms with Crippen molar-refractivity contribution in [3.8, 4) is 5.75 Å². The van der Waals surface area contributed by atoms with Crippen LogP contribution in [0.15, 0.2) is 41.1 Å². The molecule has 0 bridgehead atoms. The molecule has 0 saturated heterocycles. The maximum Gasteiger partial charge on any atom is 0.156 e. The van der Waals surface area contributed by atoms with E-state index in [0.717, 1.165) is 23.2 Å². The second kappa shape index (κ2) is 5.16. The molecule has 2 aromatic rings. The van der Waals surface area contributed by atoms with E-state index < -0.39 is 0 Å². The Kier molecular flexibility index (Phi) is 3.62. The molecule has 0 aliphatic carbocycles. The Morgan fingerprint density at radius 3 is 3.00 bits per heavy atom. The third kappa shape index (κ3) is 2.85. The molecule has 3 nitrogen and oxygen atoms in total. The van der Waals surface area contributed by atoms with Crippen molar-refractivity contribution in [2.24, 2.45) is 0 Å². The second-order valence-corrected chi connectivity index (χ2v) is 4.44. The molecule has 1 aromatic heterocycles. The van der Waals surface area contributed by atoms with Crippen molar-refractivity contribution in [3.63, 3.8) is 0 Å². The van der Waals surface area contributed by atoms with Crippen LogP contribution < -0.4 is 4.74 Å². The molecule has 0 amide bonds. The lowest BCUT2D eigenvalue weighted by Crippen LogP contribution is -2.01. The lowest BCUT2D eigenvalue weighted by Gasteiger charge is -2.02. The molecule has 1 heterocycles. The normalized spacial score (nSPS) is 10.4. The summed E-state index contributed by atoms with van der Waals surface area (Å²) < 4.78 is 8.08. The highest BCUT2D eigenvalue weighted by atomic mass is 79.9. The van der Waals surface area contributed by atoms with Crippen molar-refractivity contribution < 1.29 is 4.74 Å². The molecule has 0 aliphatic rings. The zero-order valence-corrected chi connectivity index (χ0v) is 10.6. The number of benzene rings is 1. The molecule has 0 unspecified atom stereocenters. The lowest BCUT2D eigenvalue weighted by molar-refractivity contribution is 0.413. The first kappa shape index (κ1) is 11.2. The first-order chi connectivity index (χ1) is 7.78. The Hall–Kier alpha value is -1.29. The molecule has 16 heavy (non-hydrogen) atoms. The van der Waals surface area contributed by atoms with Crippen LogP contribution in [0.25, 0.3) is 0 Å². The number of aryl methyl sites for hydroxylation is 2. The van der Waals surface area contributed by atoms with Crippen LogP contribution >= 0.6 is 15.9 Å².